The molecule has 0 aliphatic rings. The SMILES string of the molecule is O=C(NCc1ccncc1)c1coc(CN(Cc2cccc(C(F)(F)F)c2)Cc2ccccc2Cl)n1. The van der Waals surface area contributed by atoms with E-state index in [-0.39, 0.29) is 24.7 Å². The van der Waals surface area contributed by atoms with E-state index in [2.05, 4.69) is 15.3 Å². The second kappa shape index (κ2) is 11.4. The molecule has 0 spiro atoms. The molecule has 0 radical (unpaired) electrons. The van der Waals surface area contributed by atoms with Crippen LogP contribution in [-0.2, 0) is 32.4 Å². The average Bonchev–Trinajstić information content (AvgIpc) is 3.33. The van der Waals surface area contributed by atoms with Crippen molar-refractivity contribution >= 4 is 17.5 Å². The molecular formula is C26H22ClF3N4O2. The molecule has 4 aromatic rings. The van der Waals surface area contributed by atoms with E-state index in [4.69, 9.17) is 16.0 Å². The number of nitrogens with one attached hydrogen (secondary N) is 1. The largest absolute Gasteiger partial charge is 0.447 e. The summed E-state index contributed by atoms with van der Waals surface area (Å²) in [5.41, 5.74) is 1.54. The first-order valence-electron chi connectivity index (χ1n) is 11.0. The number of amides is 1. The van der Waals surface area contributed by atoms with E-state index in [1.807, 2.05) is 17.0 Å². The van der Waals surface area contributed by atoms with Crippen LogP contribution < -0.4 is 5.32 Å². The number of halogens is 4. The summed E-state index contributed by atoms with van der Waals surface area (Å²) in [5, 5.41) is 3.30. The summed E-state index contributed by atoms with van der Waals surface area (Å²) in [6.07, 6.45) is 0.0845. The summed E-state index contributed by atoms with van der Waals surface area (Å²) in [5.74, 6) is -0.152. The van der Waals surface area contributed by atoms with Crippen molar-refractivity contribution in [2.45, 2.75) is 32.4 Å². The molecular weight excluding hydrogens is 493 g/mol. The minimum Gasteiger partial charge on any atom is -0.447 e. The van der Waals surface area contributed by atoms with Crippen LogP contribution in [0.15, 0.2) is 83.7 Å². The lowest BCUT2D eigenvalue weighted by molar-refractivity contribution is -0.137. The predicted octanol–water partition coefficient (Wildman–Crippen LogP) is 5.87. The fourth-order valence-electron chi connectivity index (χ4n) is 3.59. The van der Waals surface area contributed by atoms with E-state index in [0.29, 0.717) is 23.7 Å². The van der Waals surface area contributed by atoms with E-state index in [1.54, 1.807) is 42.7 Å². The average molecular weight is 515 g/mol. The number of hydrogen-bond acceptors (Lipinski definition) is 5. The maximum absolute atomic E-state index is 13.2. The van der Waals surface area contributed by atoms with Gasteiger partial charge in [-0.25, -0.2) is 4.98 Å². The Bertz CT molecular complexity index is 1310. The molecule has 1 N–H and O–H groups in total. The highest BCUT2D eigenvalue weighted by Gasteiger charge is 2.30. The van der Waals surface area contributed by atoms with Crippen molar-refractivity contribution < 1.29 is 22.4 Å². The number of nitrogens with zero attached hydrogens (tertiary/aromatic N) is 3. The zero-order chi connectivity index (χ0) is 25.5. The Morgan fingerprint density at radius 1 is 0.972 bits per heavy atom. The second-order valence-electron chi connectivity index (χ2n) is 8.10. The van der Waals surface area contributed by atoms with Gasteiger partial charge in [0.25, 0.3) is 5.91 Å². The van der Waals surface area contributed by atoms with E-state index in [9.17, 15) is 18.0 Å². The topological polar surface area (TPSA) is 71.3 Å². The summed E-state index contributed by atoms with van der Waals surface area (Å²) >= 11 is 6.32. The molecule has 36 heavy (non-hydrogen) atoms. The molecule has 0 bridgehead atoms. The molecule has 0 saturated carbocycles. The predicted molar refractivity (Wildman–Crippen MR) is 128 cm³/mol. The molecule has 1 amide bonds. The third-order valence-electron chi connectivity index (χ3n) is 5.36. The lowest BCUT2D eigenvalue weighted by atomic mass is 10.1. The molecule has 0 aliphatic carbocycles. The highest BCUT2D eigenvalue weighted by atomic mass is 35.5. The van der Waals surface area contributed by atoms with Crippen LogP contribution in [0.5, 0.6) is 0 Å². The molecule has 0 aliphatic heterocycles. The van der Waals surface area contributed by atoms with Gasteiger partial charge in [0.1, 0.15) is 6.26 Å². The van der Waals surface area contributed by atoms with Crippen LogP contribution in [0.2, 0.25) is 5.02 Å². The van der Waals surface area contributed by atoms with Gasteiger partial charge in [0, 0.05) is 37.1 Å². The van der Waals surface area contributed by atoms with Crippen LogP contribution in [0.3, 0.4) is 0 Å². The number of rotatable bonds is 9. The monoisotopic (exact) mass is 514 g/mol. The van der Waals surface area contributed by atoms with E-state index in [0.717, 1.165) is 23.3 Å². The van der Waals surface area contributed by atoms with E-state index < -0.39 is 17.6 Å². The smallest absolute Gasteiger partial charge is 0.416 e. The van der Waals surface area contributed by atoms with Crippen molar-refractivity contribution in [3.8, 4) is 0 Å². The molecule has 4 rings (SSSR count). The third-order valence-corrected chi connectivity index (χ3v) is 5.73. The van der Waals surface area contributed by atoms with Crippen molar-refractivity contribution in [2.24, 2.45) is 0 Å². The molecule has 0 saturated heterocycles. The van der Waals surface area contributed by atoms with Crippen LogP contribution in [0, 0.1) is 0 Å². The molecule has 2 aromatic heterocycles. The van der Waals surface area contributed by atoms with Gasteiger partial charge in [0.05, 0.1) is 12.1 Å². The van der Waals surface area contributed by atoms with Gasteiger partial charge in [-0.3, -0.25) is 14.7 Å². The highest BCUT2D eigenvalue weighted by Crippen LogP contribution is 2.30. The number of hydrogen-bond donors (Lipinski definition) is 1. The van der Waals surface area contributed by atoms with Crippen LogP contribution in [0.1, 0.15) is 38.6 Å². The summed E-state index contributed by atoms with van der Waals surface area (Å²) in [4.78, 5) is 22.6. The van der Waals surface area contributed by atoms with Gasteiger partial charge in [0.2, 0.25) is 5.89 Å². The first-order valence-corrected chi connectivity index (χ1v) is 11.4. The number of oxazole rings is 1. The number of benzene rings is 2. The summed E-state index contributed by atoms with van der Waals surface area (Å²) in [6.45, 7) is 0.972. The maximum Gasteiger partial charge on any atom is 0.416 e. The zero-order valence-corrected chi connectivity index (χ0v) is 19.8. The Kier molecular flexibility index (Phi) is 8.02. The van der Waals surface area contributed by atoms with Gasteiger partial charge in [-0.2, -0.15) is 13.2 Å². The first-order chi connectivity index (χ1) is 17.3. The lowest BCUT2D eigenvalue weighted by Crippen LogP contribution is -2.24. The molecule has 2 aromatic carbocycles. The van der Waals surface area contributed by atoms with Gasteiger partial charge in [0.15, 0.2) is 5.69 Å². The Labute approximate surface area is 210 Å². The summed E-state index contributed by atoms with van der Waals surface area (Å²) in [6, 6.07) is 16.0. The van der Waals surface area contributed by atoms with Crippen molar-refractivity contribution in [1.29, 1.82) is 0 Å². The molecule has 10 heteroatoms. The Morgan fingerprint density at radius 2 is 1.75 bits per heavy atom. The third kappa shape index (κ3) is 6.93. The van der Waals surface area contributed by atoms with Gasteiger partial charge >= 0.3 is 6.18 Å². The van der Waals surface area contributed by atoms with Gasteiger partial charge in [-0.05, 0) is 41.0 Å². The molecule has 186 valence electrons. The minimum atomic E-state index is -4.44. The highest BCUT2D eigenvalue weighted by molar-refractivity contribution is 6.31. The number of pyridine rings is 1. The van der Waals surface area contributed by atoms with Gasteiger partial charge in [-0.1, -0.05) is 48.0 Å². The Morgan fingerprint density at radius 3 is 2.50 bits per heavy atom. The van der Waals surface area contributed by atoms with Crippen molar-refractivity contribution in [1.82, 2.24) is 20.2 Å². The summed E-state index contributed by atoms with van der Waals surface area (Å²) in [7, 11) is 0. The zero-order valence-electron chi connectivity index (χ0n) is 19.0. The van der Waals surface area contributed by atoms with Crippen LogP contribution in [-0.4, -0.2) is 20.8 Å². The lowest BCUT2D eigenvalue weighted by Gasteiger charge is -2.22. The Balaban J connectivity index is 1.49. The fourth-order valence-corrected chi connectivity index (χ4v) is 3.79. The number of aromatic nitrogens is 2. The van der Waals surface area contributed by atoms with Crippen LogP contribution in [0.4, 0.5) is 13.2 Å². The standard InChI is InChI=1S/C26H22ClF3N4O2/c27-22-7-2-1-5-20(22)15-34(14-19-4-3-6-21(12-19)26(28,29)30)16-24-33-23(17-36-24)25(35)32-13-18-8-10-31-11-9-18/h1-12,17H,13-16H2,(H,32,35). The molecule has 2 heterocycles. The van der Waals surface area contributed by atoms with Crippen LogP contribution in [0.25, 0.3) is 0 Å². The fraction of sp³-hybridized carbons (Fsp3) is 0.192. The Hall–Kier alpha value is -3.69. The maximum atomic E-state index is 13.2. The molecule has 0 atom stereocenters. The van der Waals surface area contributed by atoms with E-state index >= 15 is 0 Å². The van der Waals surface area contributed by atoms with E-state index in [1.165, 1.54) is 12.3 Å². The first kappa shape index (κ1) is 25.4. The molecule has 0 fully saturated rings. The number of alkyl halides is 3. The molecule has 0 unspecified atom stereocenters. The van der Waals surface area contributed by atoms with Crippen molar-refractivity contribution in [2.75, 3.05) is 0 Å². The number of carbonyl (C=O) groups is 1. The van der Waals surface area contributed by atoms with Crippen LogP contribution >= 0.6 is 11.6 Å². The molecule has 6 nitrogen and oxygen atoms in total. The quantitative estimate of drug-likeness (QED) is 0.302. The number of carbonyl (C=O) groups excluding carboxylic acids is 1. The van der Waals surface area contributed by atoms with Gasteiger partial charge in [-0.15, -0.1) is 0 Å². The van der Waals surface area contributed by atoms with Crippen molar-refractivity contribution in [3.05, 3.63) is 118 Å². The van der Waals surface area contributed by atoms with Gasteiger partial charge < -0.3 is 9.73 Å². The summed E-state index contributed by atoms with van der Waals surface area (Å²) < 4.78 is 45.1. The second-order valence-corrected chi connectivity index (χ2v) is 8.51. The normalized spacial score (nSPS) is 11.6. The minimum absolute atomic E-state index is 0.107. The van der Waals surface area contributed by atoms with Crippen molar-refractivity contribution in [3.63, 3.8) is 0 Å².